The van der Waals surface area contributed by atoms with Gasteiger partial charge in [0.05, 0.1) is 6.20 Å². The van der Waals surface area contributed by atoms with Crippen molar-refractivity contribution in [3.05, 3.63) is 18.0 Å². The highest BCUT2D eigenvalue weighted by Gasteiger charge is 2.19. The summed E-state index contributed by atoms with van der Waals surface area (Å²) in [6.07, 6.45) is 5.22. The lowest BCUT2D eigenvalue weighted by atomic mass is 10.3. The highest BCUT2D eigenvalue weighted by atomic mass is 15.3. The van der Waals surface area contributed by atoms with Crippen molar-refractivity contribution in [1.82, 2.24) is 14.7 Å². The van der Waals surface area contributed by atoms with Gasteiger partial charge in [-0.25, -0.2) is 0 Å². The van der Waals surface area contributed by atoms with E-state index in [0.717, 1.165) is 26.1 Å². The van der Waals surface area contributed by atoms with E-state index in [1.807, 2.05) is 10.9 Å². The largest absolute Gasteiger partial charge is 0.326 e. The maximum atomic E-state index is 5.87. The summed E-state index contributed by atoms with van der Waals surface area (Å²) in [7, 11) is 0. The fourth-order valence-corrected chi connectivity index (χ4v) is 2.01. The van der Waals surface area contributed by atoms with Crippen molar-refractivity contribution in [3.8, 4) is 0 Å². The van der Waals surface area contributed by atoms with Gasteiger partial charge in [-0.15, -0.1) is 0 Å². The van der Waals surface area contributed by atoms with Crippen LogP contribution in [0.4, 0.5) is 0 Å². The third kappa shape index (κ3) is 2.58. The van der Waals surface area contributed by atoms with Crippen LogP contribution in [-0.2, 0) is 6.54 Å². The van der Waals surface area contributed by atoms with E-state index < -0.39 is 0 Å². The number of rotatable bonds is 3. The molecule has 0 amide bonds. The normalized spacial score (nSPS) is 22.8. The van der Waals surface area contributed by atoms with Crippen LogP contribution in [0.1, 0.15) is 31.9 Å². The van der Waals surface area contributed by atoms with Crippen LogP contribution in [-0.4, -0.2) is 33.8 Å². The molecule has 1 aromatic heterocycles. The van der Waals surface area contributed by atoms with E-state index in [0.29, 0.717) is 12.1 Å². The zero-order chi connectivity index (χ0) is 10.8. The second-order valence-corrected chi connectivity index (χ2v) is 4.71. The molecular weight excluding hydrogens is 188 g/mol. The second-order valence-electron chi connectivity index (χ2n) is 4.71. The van der Waals surface area contributed by atoms with Crippen LogP contribution in [0.15, 0.2) is 12.4 Å². The molecule has 0 radical (unpaired) electrons. The first-order valence-corrected chi connectivity index (χ1v) is 5.66. The summed E-state index contributed by atoms with van der Waals surface area (Å²) in [4.78, 5) is 2.40. The smallest absolute Gasteiger partial charge is 0.0534 e. The third-order valence-electron chi connectivity index (χ3n) is 2.90. The molecule has 4 heteroatoms. The van der Waals surface area contributed by atoms with E-state index in [-0.39, 0.29) is 0 Å². The van der Waals surface area contributed by atoms with E-state index >= 15 is 0 Å². The zero-order valence-electron chi connectivity index (χ0n) is 9.56. The Labute approximate surface area is 91.1 Å². The molecule has 0 saturated carbocycles. The Hall–Kier alpha value is -0.870. The van der Waals surface area contributed by atoms with Crippen LogP contribution in [0.2, 0.25) is 0 Å². The van der Waals surface area contributed by atoms with E-state index in [1.165, 1.54) is 5.56 Å². The summed E-state index contributed by atoms with van der Waals surface area (Å²) in [5.74, 6) is 0. The molecule has 1 atom stereocenters. The summed E-state index contributed by atoms with van der Waals surface area (Å²) in [5.41, 5.74) is 7.16. The maximum Gasteiger partial charge on any atom is 0.0534 e. The summed E-state index contributed by atoms with van der Waals surface area (Å²) in [5, 5.41) is 4.34. The predicted molar refractivity (Wildman–Crippen MR) is 60.5 cm³/mol. The SMILES string of the molecule is CC(C)n1cc(CN2CCC(N)C2)cn1. The predicted octanol–water partition coefficient (Wildman–Crippen LogP) is 0.997. The summed E-state index contributed by atoms with van der Waals surface area (Å²) in [6.45, 7) is 7.41. The molecule has 1 aliphatic heterocycles. The summed E-state index contributed by atoms with van der Waals surface area (Å²) >= 11 is 0. The number of aromatic nitrogens is 2. The monoisotopic (exact) mass is 208 g/mol. The van der Waals surface area contributed by atoms with Crippen molar-refractivity contribution in [2.75, 3.05) is 13.1 Å². The number of hydrogen-bond acceptors (Lipinski definition) is 3. The number of nitrogens with zero attached hydrogens (tertiary/aromatic N) is 3. The van der Waals surface area contributed by atoms with Crippen molar-refractivity contribution >= 4 is 0 Å². The van der Waals surface area contributed by atoms with Gasteiger partial charge in [0.15, 0.2) is 0 Å². The molecule has 0 aliphatic carbocycles. The first-order chi connectivity index (χ1) is 7.15. The molecule has 84 valence electrons. The van der Waals surface area contributed by atoms with Gasteiger partial charge in [0.2, 0.25) is 0 Å². The number of likely N-dealkylation sites (tertiary alicyclic amines) is 1. The first kappa shape index (κ1) is 10.6. The van der Waals surface area contributed by atoms with E-state index in [1.54, 1.807) is 0 Å². The molecule has 1 unspecified atom stereocenters. The molecule has 1 aromatic rings. The Morgan fingerprint density at radius 3 is 2.93 bits per heavy atom. The lowest BCUT2D eigenvalue weighted by Crippen LogP contribution is -2.26. The Bertz CT molecular complexity index is 318. The van der Waals surface area contributed by atoms with Crippen LogP contribution in [0.3, 0.4) is 0 Å². The minimum atomic E-state index is 0.366. The van der Waals surface area contributed by atoms with Gasteiger partial charge in [0.1, 0.15) is 0 Å². The quantitative estimate of drug-likeness (QED) is 0.806. The molecule has 1 fully saturated rings. The third-order valence-corrected chi connectivity index (χ3v) is 2.90. The second kappa shape index (κ2) is 4.33. The topological polar surface area (TPSA) is 47.1 Å². The molecule has 2 rings (SSSR count). The zero-order valence-corrected chi connectivity index (χ0v) is 9.56. The molecule has 2 heterocycles. The average molecular weight is 208 g/mol. The maximum absolute atomic E-state index is 5.87. The molecular formula is C11H20N4. The Morgan fingerprint density at radius 2 is 2.40 bits per heavy atom. The van der Waals surface area contributed by atoms with Crippen molar-refractivity contribution < 1.29 is 0 Å². The Balaban J connectivity index is 1.93. The van der Waals surface area contributed by atoms with Gasteiger partial charge in [-0.3, -0.25) is 9.58 Å². The van der Waals surface area contributed by atoms with Crippen molar-refractivity contribution in [2.45, 2.75) is 38.9 Å². The molecule has 0 aromatic carbocycles. The van der Waals surface area contributed by atoms with Crippen LogP contribution in [0.5, 0.6) is 0 Å². The van der Waals surface area contributed by atoms with Gasteiger partial charge in [0.25, 0.3) is 0 Å². The van der Waals surface area contributed by atoms with Crippen LogP contribution >= 0.6 is 0 Å². The van der Waals surface area contributed by atoms with Crippen molar-refractivity contribution in [2.24, 2.45) is 5.73 Å². The fourth-order valence-electron chi connectivity index (χ4n) is 2.01. The Kier molecular flexibility index (Phi) is 3.07. The summed E-state index contributed by atoms with van der Waals surface area (Å²) in [6, 6.07) is 0.810. The van der Waals surface area contributed by atoms with E-state index in [4.69, 9.17) is 5.73 Å². The minimum Gasteiger partial charge on any atom is -0.326 e. The molecule has 0 spiro atoms. The molecule has 1 saturated heterocycles. The van der Waals surface area contributed by atoms with Crippen LogP contribution in [0.25, 0.3) is 0 Å². The molecule has 4 nitrogen and oxygen atoms in total. The number of nitrogens with two attached hydrogens (primary N) is 1. The van der Waals surface area contributed by atoms with Gasteiger partial charge in [-0.05, 0) is 20.3 Å². The van der Waals surface area contributed by atoms with Gasteiger partial charge in [-0.2, -0.15) is 5.10 Å². The van der Waals surface area contributed by atoms with Crippen molar-refractivity contribution in [3.63, 3.8) is 0 Å². The first-order valence-electron chi connectivity index (χ1n) is 5.66. The fraction of sp³-hybridized carbons (Fsp3) is 0.727. The highest BCUT2D eigenvalue weighted by Crippen LogP contribution is 2.12. The standard InChI is InChI=1S/C11H20N4/c1-9(2)15-7-10(5-13-15)6-14-4-3-11(12)8-14/h5,7,9,11H,3-4,6,8,12H2,1-2H3. The highest BCUT2D eigenvalue weighted by molar-refractivity contribution is 5.04. The van der Waals surface area contributed by atoms with Crippen LogP contribution in [0, 0.1) is 0 Å². The van der Waals surface area contributed by atoms with Crippen molar-refractivity contribution in [1.29, 1.82) is 0 Å². The lowest BCUT2D eigenvalue weighted by Gasteiger charge is -2.13. The Morgan fingerprint density at radius 1 is 1.60 bits per heavy atom. The molecule has 1 aliphatic rings. The van der Waals surface area contributed by atoms with Crippen LogP contribution < -0.4 is 5.73 Å². The average Bonchev–Trinajstić information content (AvgIpc) is 2.76. The molecule has 0 bridgehead atoms. The van der Waals surface area contributed by atoms with Gasteiger partial charge in [-0.1, -0.05) is 0 Å². The van der Waals surface area contributed by atoms with E-state index in [2.05, 4.69) is 30.0 Å². The van der Waals surface area contributed by atoms with E-state index in [9.17, 15) is 0 Å². The lowest BCUT2D eigenvalue weighted by molar-refractivity contribution is 0.326. The molecule has 2 N–H and O–H groups in total. The van der Waals surface area contributed by atoms with Gasteiger partial charge >= 0.3 is 0 Å². The van der Waals surface area contributed by atoms with Gasteiger partial charge in [0, 0.05) is 43.5 Å². The minimum absolute atomic E-state index is 0.366. The summed E-state index contributed by atoms with van der Waals surface area (Å²) < 4.78 is 2.01. The van der Waals surface area contributed by atoms with Gasteiger partial charge < -0.3 is 5.73 Å². The molecule has 15 heavy (non-hydrogen) atoms. The number of hydrogen-bond donors (Lipinski definition) is 1.